The van der Waals surface area contributed by atoms with Crippen molar-refractivity contribution in [1.82, 2.24) is 4.90 Å². The standard InChI is InChI=1S/C15H17NO6/c1-21-14(19)12-7-11(13(17)18)8-16(12)15(20)22-9-10-5-3-2-4-6-10/h2-6,11-12H,7-9H2,1H3,(H,17,18)/t11?,12-/m0/s1. The Morgan fingerprint density at radius 2 is 1.95 bits per heavy atom. The van der Waals surface area contributed by atoms with E-state index in [9.17, 15) is 14.4 Å². The van der Waals surface area contributed by atoms with Gasteiger partial charge in [-0.25, -0.2) is 9.59 Å². The van der Waals surface area contributed by atoms with Crippen LogP contribution in [0.4, 0.5) is 4.79 Å². The van der Waals surface area contributed by atoms with E-state index in [1.54, 1.807) is 12.1 Å². The lowest BCUT2D eigenvalue weighted by atomic mass is 10.1. The molecule has 1 saturated heterocycles. The molecule has 2 rings (SSSR count). The van der Waals surface area contributed by atoms with Crippen molar-refractivity contribution in [3.05, 3.63) is 35.9 Å². The minimum atomic E-state index is -1.05. The first-order valence-corrected chi connectivity index (χ1v) is 6.81. The Kier molecular flexibility index (Phi) is 4.98. The third kappa shape index (κ3) is 3.55. The molecule has 0 aliphatic carbocycles. The number of rotatable bonds is 4. The summed E-state index contributed by atoms with van der Waals surface area (Å²) in [7, 11) is 1.20. The second-order valence-corrected chi connectivity index (χ2v) is 5.00. The summed E-state index contributed by atoms with van der Waals surface area (Å²) in [4.78, 5) is 36.0. The zero-order chi connectivity index (χ0) is 16.1. The van der Waals surface area contributed by atoms with Crippen molar-refractivity contribution in [2.75, 3.05) is 13.7 Å². The molecule has 0 radical (unpaired) electrons. The molecule has 1 aliphatic heterocycles. The van der Waals surface area contributed by atoms with Crippen LogP contribution in [0.2, 0.25) is 0 Å². The summed E-state index contributed by atoms with van der Waals surface area (Å²) in [6.07, 6.45) is -0.689. The molecule has 1 unspecified atom stereocenters. The molecular formula is C15H17NO6. The summed E-state index contributed by atoms with van der Waals surface area (Å²) in [5.74, 6) is -2.49. The van der Waals surface area contributed by atoms with Crippen molar-refractivity contribution >= 4 is 18.0 Å². The Labute approximate surface area is 127 Å². The van der Waals surface area contributed by atoms with Gasteiger partial charge in [-0.15, -0.1) is 0 Å². The summed E-state index contributed by atoms with van der Waals surface area (Å²) < 4.78 is 9.78. The number of aliphatic carboxylic acids is 1. The number of ether oxygens (including phenoxy) is 2. The number of carboxylic acids is 1. The van der Waals surface area contributed by atoms with E-state index in [4.69, 9.17) is 9.84 Å². The topological polar surface area (TPSA) is 93.1 Å². The Morgan fingerprint density at radius 1 is 1.27 bits per heavy atom. The average Bonchev–Trinajstić information content (AvgIpc) is 2.98. The van der Waals surface area contributed by atoms with Gasteiger partial charge in [0.15, 0.2) is 0 Å². The number of esters is 1. The number of carbonyl (C=O) groups excluding carboxylic acids is 2. The maximum absolute atomic E-state index is 12.1. The number of amides is 1. The number of hydrogen-bond acceptors (Lipinski definition) is 5. The maximum Gasteiger partial charge on any atom is 0.410 e. The largest absolute Gasteiger partial charge is 0.481 e. The molecule has 1 aromatic carbocycles. The zero-order valence-corrected chi connectivity index (χ0v) is 12.1. The molecule has 1 fully saturated rings. The van der Waals surface area contributed by atoms with E-state index in [1.165, 1.54) is 7.11 Å². The number of nitrogens with zero attached hydrogens (tertiary/aromatic N) is 1. The van der Waals surface area contributed by atoms with E-state index < -0.39 is 30.0 Å². The van der Waals surface area contributed by atoms with Crippen LogP contribution in [-0.4, -0.2) is 47.7 Å². The number of benzene rings is 1. The third-order valence-corrected chi connectivity index (χ3v) is 3.56. The van der Waals surface area contributed by atoms with E-state index in [0.29, 0.717) is 0 Å². The van der Waals surface area contributed by atoms with E-state index >= 15 is 0 Å². The lowest BCUT2D eigenvalue weighted by Gasteiger charge is -2.21. The van der Waals surface area contributed by atoms with Gasteiger partial charge in [0.25, 0.3) is 0 Å². The molecule has 7 heteroatoms. The van der Waals surface area contributed by atoms with Crippen LogP contribution < -0.4 is 0 Å². The lowest BCUT2D eigenvalue weighted by Crippen LogP contribution is -2.41. The van der Waals surface area contributed by atoms with E-state index in [1.807, 2.05) is 18.2 Å². The molecule has 0 bridgehead atoms. The van der Waals surface area contributed by atoms with Gasteiger partial charge in [-0.3, -0.25) is 9.69 Å². The molecule has 1 amide bonds. The van der Waals surface area contributed by atoms with Gasteiger partial charge in [-0.2, -0.15) is 0 Å². The first kappa shape index (κ1) is 15.8. The molecule has 0 spiro atoms. The van der Waals surface area contributed by atoms with Gasteiger partial charge in [0.1, 0.15) is 12.6 Å². The Hall–Kier alpha value is -2.57. The highest BCUT2D eigenvalue weighted by Gasteiger charge is 2.43. The van der Waals surface area contributed by atoms with Crippen molar-refractivity contribution in [3.8, 4) is 0 Å². The van der Waals surface area contributed by atoms with Crippen molar-refractivity contribution < 1.29 is 29.0 Å². The maximum atomic E-state index is 12.1. The molecule has 7 nitrogen and oxygen atoms in total. The van der Waals surface area contributed by atoms with Crippen molar-refractivity contribution in [2.24, 2.45) is 5.92 Å². The second kappa shape index (κ2) is 6.93. The van der Waals surface area contributed by atoms with Crippen molar-refractivity contribution in [2.45, 2.75) is 19.1 Å². The number of carboxylic acid groups (broad SMARTS) is 1. The predicted octanol–water partition coefficient (Wildman–Crippen LogP) is 1.27. The highest BCUT2D eigenvalue weighted by molar-refractivity contribution is 5.84. The zero-order valence-electron chi connectivity index (χ0n) is 12.1. The van der Waals surface area contributed by atoms with Gasteiger partial charge in [-0.1, -0.05) is 30.3 Å². The van der Waals surface area contributed by atoms with Crippen LogP contribution in [0, 0.1) is 5.92 Å². The number of methoxy groups -OCH3 is 1. The SMILES string of the molecule is COC(=O)[C@@H]1CC(C(=O)O)CN1C(=O)OCc1ccccc1. The highest BCUT2D eigenvalue weighted by atomic mass is 16.6. The van der Waals surface area contributed by atoms with Gasteiger partial charge in [0, 0.05) is 6.54 Å². The lowest BCUT2D eigenvalue weighted by molar-refractivity contribution is -0.145. The minimum Gasteiger partial charge on any atom is -0.481 e. The first-order valence-electron chi connectivity index (χ1n) is 6.81. The Balaban J connectivity index is 2.02. The van der Waals surface area contributed by atoms with E-state index in [-0.39, 0.29) is 19.6 Å². The smallest absolute Gasteiger partial charge is 0.410 e. The second-order valence-electron chi connectivity index (χ2n) is 5.00. The fourth-order valence-corrected chi connectivity index (χ4v) is 2.38. The summed E-state index contributed by atoms with van der Waals surface area (Å²) in [6.45, 7) is -0.00940. The third-order valence-electron chi connectivity index (χ3n) is 3.56. The van der Waals surface area contributed by atoms with Gasteiger partial charge in [0.05, 0.1) is 13.0 Å². The molecule has 22 heavy (non-hydrogen) atoms. The van der Waals surface area contributed by atoms with Gasteiger partial charge in [-0.05, 0) is 12.0 Å². The molecule has 0 saturated carbocycles. The Bertz CT molecular complexity index is 558. The van der Waals surface area contributed by atoms with E-state index in [2.05, 4.69) is 4.74 Å². The first-order chi connectivity index (χ1) is 10.5. The molecule has 1 aliphatic rings. The van der Waals surface area contributed by atoms with Crippen LogP contribution in [0.25, 0.3) is 0 Å². The molecule has 1 heterocycles. The molecule has 118 valence electrons. The summed E-state index contributed by atoms with van der Waals surface area (Å²) in [6, 6.07) is 8.16. The summed E-state index contributed by atoms with van der Waals surface area (Å²) >= 11 is 0. The van der Waals surface area contributed by atoms with Crippen LogP contribution in [0.3, 0.4) is 0 Å². The van der Waals surface area contributed by atoms with Crippen LogP contribution in [-0.2, 0) is 25.7 Å². The fourth-order valence-electron chi connectivity index (χ4n) is 2.38. The van der Waals surface area contributed by atoms with Gasteiger partial charge < -0.3 is 14.6 Å². The number of carbonyl (C=O) groups is 3. The summed E-state index contributed by atoms with van der Waals surface area (Å²) in [5.41, 5.74) is 0.805. The highest BCUT2D eigenvalue weighted by Crippen LogP contribution is 2.25. The van der Waals surface area contributed by atoms with Gasteiger partial charge >= 0.3 is 18.0 Å². The fraction of sp³-hybridized carbons (Fsp3) is 0.400. The average molecular weight is 307 g/mol. The summed E-state index contributed by atoms with van der Waals surface area (Å²) in [5, 5.41) is 9.06. The molecular weight excluding hydrogens is 290 g/mol. The van der Waals surface area contributed by atoms with Crippen molar-refractivity contribution in [3.63, 3.8) is 0 Å². The quantitative estimate of drug-likeness (QED) is 0.842. The van der Waals surface area contributed by atoms with Crippen LogP contribution in [0.1, 0.15) is 12.0 Å². The molecule has 0 aromatic heterocycles. The molecule has 1 N–H and O–H groups in total. The van der Waals surface area contributed by atoms with Crippen LogP contribution >= 0.6 is 0 Å². The normalized spacial score (nSPS) is 20.5. The minimum absolute atomic E-state index is 0.0302. The molecule has 2 atom stereocenters. The molecule has 1 aromatic rings. The number of likely N-dealkylation sites (tertiary alicyclic amines) is 1. The van der Waals surface area contributed by atoms with Crippen LogP contribution in [0.15, 0.2) is 30.3 Å². The number of hydrogen-bond donors (Lipinski definition) is 1. The van der Waals surface area contributed by atoms with E-state index in [0.717, 1.165) is 10.5 Å². The van der Waals surface area contributed by atoms with Crippen molar-refractivity contribution in [1.29, 1.82) is 0 Å². The Morgan fingerprint density at radius 3 is 2.55 bits per heavy atom. The van der Waals surface area contributed by atoms with Gasteiger partial charge in [0.2, 0.25) is 0 Å². The predicted molar refractivity (Wildman–Crippen MR) is 74.9 cm³/mol. The monoisotopic (exact) mass is 307 g/mol. The van der Waals surface area contributed by atoms with Crippen LogP contribution in [0.5, 0.6) is 0 Å².